The average molecular weight is 385 g/mol. The predicted octanol–water partition coefficient (Wildman–Crippen LogP) is 5.83. The topological polar surface area (TPSA) is 72.6 Å². The molecule has 0 aliphatic heterocycles. The van der Waals surface area contributed by atoms with Crippen LogP contribution in [0, 0.1) is 0 Å². The second-order valence-electron chi connectivity index (χ2n) is 8.26. The molecule has 0 spiro atoms. The van der Waals surface area contributed by atoms with Crippen molar-refractivity contribution in [3.8, 4) is 28.6 Å². The van der Waals surface area contributed by atoms with Gasteiger partial charge in [-0.2, -0.15) is 0 Å². The van der Waals surface area contributed by atoms with E-state index in [2.05, 4.69) is 25.9 Å². The molecule has 0 atom stereocenters. The van der Waals surface area contributed by atoms with Crippen molar-refractivity contribution in [2.75, 3.05) is 0 Å². The maximum absolute atomic E-state index is 12.9. The Morgan fingerprint density at radius 1 is 1.00 bits per heavy atom. The Labute approximate surface area is 167 Å². The van der Waals surface area contributed by atoms with Crippen LogP contribution in [0.25, 0.3) is 22.2 Å². The minimum absolute atomic E-state index is 0.0392. The molecule has 0 unspecified atom stereocenters. The van der Waals surface area contributed by atoms with E-state index >= 15 is 0 Å². The number of hydrogen-bond donors (Lipinski definition) is 1. The lowest BCUT2D eigenvalue weighted by Gasteiger charge is -2.19. The van der Waals surface area contributed by atoms with Crippen molar-refractivity contribution in [1.82, 2.24) is 5.16 Å². The third-order valence-electron chi connectivity index (χ3n) is 5.29. The standard InChI is InChI=1S/C24H19NO4/c1-24(2,3)13-8-10-14(11-9-13)28-18-12-17(26)19-20-21(18)25-29-23(20)16-7-5-4-6-15(16)22(19)27/h4-12,26H,1-3H3. The monoisotopic (exact) mass is 385 g/mol. The van der Waals surface area contributed by atoms with E-state index in [0.717, 1.165) is 0 Å². The fourth-order valence-corrected chi connectivity index (χ4v) is 3.74. The zero-order chi connectivity index (χ0) is 20.3. The molecule has 4 aromatic rings. The Balaban J connectivity index is 1.64. The van der Waals surface area contributed by atoms with Gasteiger partial charge < -0.3 is 14.4 Å². The van der Waals surface area contributed by atoms with Crippen LogP contribution in [0.1, 0.15) is 42.3 Å². The molecule has 1 aliphatic carbocycles. The molecule has 1 heterocycles. The summed E-state index contributed by atoms with van der Waals surface area (Å²) in [6.07, 6.45) is 0. The van der Waals surface area contributed by atoms with Gasteiger partial charge in [0.25, 0.3) is 0 Å². The van der Waals surface area contributed by atoms with Crippen LogP contribution in [0.3, 0.4) is 0 Å². The molecule has 1 aliphatic rings. The average Bonchev–Trinajstić information content (AvgIpc) is 3.12. The van der Waals surface area contributed by atoms with Gasteiger partial charge in [-0.3, -0.25) is 4.79 Å². The summed E-state index contributed by atoms with van der Waals surface area (Å²) in [6, 6.07) is 16.4. The van der Waals surface area contributed by atoms with Gasteiger partial charge in [-0.05, 0) is 23.1 Å². The lowest BCUT2D eigenvalue weighted by Crippen LogP contribution is -2.10. The number of rotatable bonds is 2. The smallest absolute Gasteiger partial charge is 0.198 e. The van der Waals surface area contributed by atoms with E-state index in [4.69, 9.17) is 9.26 Å². The van der Waals surface area contributed by atoms with Gasteiger partial charge in [-0.15, -0.1) is 0 Å². The number of fused-ring (bicyclic) bond motifs is 2. The summed E-state index contributed by atoms with van der Waals surface area (Å²) in [5.74, 6) is 1.02. The van der Waals surface area contributed by atoms with E-state index in [0.29, 0.717) is 39.3 Å². The zero-order valence-corrected chi connectivity index (χ0v) is 16.3. The zero-order valence-electron chi connectivity index (χ0n) is 16.3. The second kappa shape index (κ2) is 5.95. The first-order valence-corrected chi connectivity index (χ1v) is 9.42. The summed E-state index contributed by atoms with van der Waals surface area (Å²) in [6.45, 7) is 6.44. The van der Waals surface area contributed by atoms with E-state index in [1.54, 1.807) is 12.1 Å². The number of ether oxygens (including phenoxy) is 1. The van der Waals surface area contributed by atoms with Gasteiger partial charge in [0.05, 0.1) is 10.9 Å². The molecule has 0 saturated heterocycles. The minimum atomic E-state index is -0.250. The molecule has 0 fully saturated rings. The van der Waals surface area contributed by atoms with Crippen molar-refractivity contribution >= 4 is 16.7 Å². The fraction of sp³-hybridized carbons (Fsp3) is 0.167. The van der Waals surface area contributed by atoms with Crippen LogP contribution in [0.2, 0.25) is 0 Å². The number of carbonyl (C=O) groups is 1. The van der Waals surface area contributed by atoms with Gasteiger partial charge in [0.15, 0.2) is 22.8 Å². The number of hydrogen-bond acceptors (Lipinski definition) is 5. The van der Waals surface area contributed by atoms with Gasteiger partial charge in [-0.25, -0.2) is 0 Å². The Kier molecular flexibility index (Phi) is 3.59. The Morgan fingerprint density at radius 3 is 2.38 bits per heavy atom. The number of phenols is 1. The van der Waals surface area contributed by atoms with Crippen molar-refractivity contribution in [2.45, 2.75) is 26.2 Å². The molecule has 29 heavy (non-hydrogen) atoms. The predicted molar refractivity (Wildman–Crippen MR) is 110 cm³/mol. The number of aromatic nitrogens is 1. The molecular weight excluding hydrogens is 366 g/mol. The van der Waals surface area contributed by atoms with E-state index in [9.17, 15) is 9.90 Å². The number of carbonyl (C=O) groups excluding carboxylic acids is 1. The summed E-state index contributed by atoms with van der Waals surface area (Å²) in [4.78, 5) is 12.9. The fourth-order valence-electron chi connectivity index (χ4n) is 3.74. The Morgan fingerprint density at radius 2 is 1.69 bits per heavy atom. The summed E-state index contributed by atoms with van der Waals surface area (Å²) in [7, 11) is 0. The second-order valence-corrected chi connectivity index (χ2v) is 8.26. The highest BCUT2D eigenvalue weighted by Crippen LogP contribution is 2.46. The molecule has 1 aromatic heterocycles. The van der Waals surface area contributed by atoms with Crippen LogP contribution in [0.5, 0.6) is 17.2 Å². The molecule has 5 rings (SSSR count). The lowest BCUT2D eigenvalue weighted by atomic mass is 9.87. The molecule has 0 amide bonds. The number of phenolic OH excluding ortho intramolecular Hbond substituents is 1. The lowest BCUT2D eigenvalue weighted by molar-refractivity contribution is 0.103. The number of nitrogens with zero attached hydrogens (tertiary/aromatic N) is 1. The molecule has 0 radical (unpaired) electrons. The van der Waals surface area contributed by atoms with Gasteiger partial charge >= 0.3 is 0 Å². The number of benzene rings is 3. The molecule has 3 aromatic carbocycles. The van der Waals surface area contributed by atoms with Crippen molar-refractivity contribution in [2.24, 2.45) is 0 Å². The third kappa shape index (κ3) is 2.62. The molecular formula is C24H19NO4. The van der Waals surface area contributed by atoms with E-state index in [-0.39, 0.29) is 22.5 Å². The molecule has 1 N–H and O–H groups in total. The first-order chi connectivity index (χ1) is 13.8. The maximum atomic E-state index is 12.9. The highest BCUT2D eigenvalue weighted by molar-refractivity contribution is 6.26. The van der Waals surface area contributed by atoms with Crippen LogP contribution in [0.15, 0.2) is 59.1 Å². The summed E-state index contributed by atoms with van der Waals surface area (Å²) in [5.41, 5.74) is 2.99. The minimum Gasteiger partial charge on any atom is -0.507 e. The summed E-state index contributed by atoms with van der Waals surface area (Å²) < 4.78 is 11.6. The third-order valence-corrected chi connectivity index (χ3v) is 5.29. The number of aromatic hydroxyl groups is 1. The molecule has 0 bridgehead atoms. The van der Waals surface area contributed by atoms with Crippen molar-refractivity contribution < 1.29 is 19.2 Å². The van der Waals surface area contributed by atoms with Crippen LogP contribution in [0.4, 0.5) is 0 Å². The SMILES string of the molecule is CC(C)(C)c1ccc(Oc2cc(O)c3c4c(onc24)-c2ccccc2C3=O)cc1. The van der Waals surface area contributed by atoms with Gasteiger partial charge in [0.1, 0.15) is 11.5 Å². The van der Waals surface area contributed by atoms with Gasteiger partial charge in [0.2, 0.25) is 0 Å². The molecule has 5 nitrogen and oxygen atoms in total. The van der Waals surface area contributed by atoms with E-state index < -0.39 is 0 Å². The van der Waals surface area contributed by atoms with Gasteiger partial charge in [0, 0.05) is 17.2 Å². The Hall–Kier alpha value is -3.60. The molecule has 144 valence electrons. The van der Waals surface area contributed by atoms with Gasteiger partial charge in [-0.1, -0.05) is 62.3 Å². The van der Waals surface area contributed by atoms with Crippen molar-refractivity contribution in [3.05, 3.63) is 71.3 Å². The normalized spacial score (nSPS) is 12.9. The largest absolute Gasteiger partial charge is 0.507 e. The summed E-state index contributed by atoms with van der Waals surface area (Å²) in [5, 5.41) is 15.3. The van der Waals surface area contributed by atoms with Crippen molar-refractivity contribution in [1.29, 1.82) is 0 Å². The first-order valence-electron chi connectivity index (χ1n) is 9.42. The van der Waals surface area contributed by atoms with Crippen LogP contribution in [-0.4, -0.2) is 16.0 Å². The van der Waals surface area contributed by atoms with E-state index in [1.165, 1.54) is 11.6 Å². The van der Waals surface area contributed by atoms with E-state index in [1.807, 2.05) is 36.4 Å². The van der Waals surface area contributed by atoms with Crippen molar-refractivity contribution in [3.63, 3.8) is 0 Å². The maximum Gasteiger partial charge on any atom is 0.198 e. The number of ketones is 1. The van der Waals surface area contributed by atoms with Crippen LogP contribution >= 0.6 is 0 Å². The molecule has 0 saturated carbocycles. The summed E-state index contributed by atoms with van der Waals surface area (Å²) >= 11 is 0. The van der Waals surface area contributed by atoms with Crippen LogP contribution < -0.4 is 4.74 Å². The Bertz CT molecular complexity index is 1280. The highest BCUT2D eigenvalue weighted by Gasteiger charge is 2.33. The molecule has 5 heteroatoms. The van der Waals surface area contributed by atoms with Crippen LogP contribution in [-0.2, 0) is 5.41 Å². The first kappa shape index (κ1) is 17.5. The quantitative estimate of drug-likeness (QED) is 0.414. The highest BCUT2D eigenvalue weighted by atomic mass is 16.5.